The Bertz CT molecular complexity index is 1600. The van der Waals surface area contributed by atoms with E-state index in [1.54, 1.807) is 0 Å². The average molecular weight is 471 g/mol. The summed E-state index contributed by atoms with van der Waals surface area (Å²) in [4.78, 5) is 27.9. The van der Waals surface area contributed by atoms with Gasteiger partial charge in [-0.05, 0) is 46.0 Å². The smallest absolute Gasteiger partial charge is 0.194 e. The van der Waals surface area contributed by atoms with Crippen molar-refractivity contribution in [3.8, 4) is 33.4 Å². The van der Waals surface area contributed by atoms with E-state index in [0.717, 1.165) is 27.8 Å². The molecule has 0 fully saturated rings. The van der Waals surface area contributed by atoms with Gasteiger partial charge in [-0.25, -0.2) is 0 Å². The van der Waals surface area contributed by atoms with Crippen LogP contribution in [0.2, 0.25) is 5.02 Å². The Morgan fingerprint density at radius 2 is 1.11 bits per heavy atom. The number of halogens is 1. The summed E-state index contributed by atoms with van der Waals surface area (Å²) in [6, 6.07) is 36.1. The molecule has 0 amide bonds. The van der Waals surface area contributed by atoms with E-state index >= 15 is 0 Å². The molecule has 5 aromatic rings. The van der Waals surface area contributed by atoms with Gasteiger partial charge in [-0.3, -0.25) is 9.59 Å². The lowest BCUT2D eigenvalue weighted by atomic mass is 9.83. The molecule has 6 rings (SSSR count). The van der Waals surface area contributed by atoms with Crippen LogP contribution in [0.4, 0.5) is 0 Å². The lowest BCUT2D eigenvalue weighted by Crippen LogP contribution is -2.09. The van der Waals surface area contributed by atoms with Crippen LogP contribution in [0, 0.1) is 0 Å². The predicted molar refractivity (Wildman–Crippen MR) is 141 cm³/mol. The minimum Gasteiger partial charge on any atom is -0.289 e. The Morgan fingerprint density at radius 1 is 0.543 bits per heavy atom. The highest BCUT2D eigenvalue weighted by atomic mass is 35.5. The number of carbonyl (C=O) groups excluding carboxylic acids is 2. The summed E-state index contributed by atoms with van der Waals surface area (Å²) >= 11 is 6.19. The fourth-order valence-corrected chi connectivity index (χ4v) is 5.02. The van der Waals surface area contributed by atoms with E-state index in [4.69, 9.17) is 11.6 Å². The lowest BCUT2D eigenvalue weighted by Gasteiger charge is -2.18. The van der Waals surface area contributed by atoms with Crippen LogP contribution >= 0.6 is 11.6 Å². The van der Waals surface area contributed by atoms with Crippen molar-refractivity contribution in [3.63, 3.8) is 0 Å². The number of benzene rings is 5. The van der Waals surface area contributed by atoms with Gasteiger partial charge in [0.05, 0.1) is 0 Å². The van der Waals surface area contributed by atoms with Crippen LogP contribution in [0.3, 0.4) is 0 Å². The van der Waals surface area contributed by atoms with Crippen LogP contribution in [0.5, 0.6) is 0 Å². The first-order chi connectivity index (χ1) is 17.1. The van der Waals surface area contributed by atoms with Crippen LogP contribution < -0.4 is 0 Å². The largest absolute Gasteiger partial charge is 0.289 e. The van der Waals surface area contributed by atoms with E-state index in [1.165, 1.54) is 0 Å². The van der Waals surface area contributed by atoms with Gasteiger partial charge in [0.25, 0.3) is 0 Å². The Hall–Kier alpha value is -4.27. The topological polar surface area (TPSA) is 34.1 Å². The van der Waals surface area contributed by atoms with E-state index in [0.29, 0.717) is 32.8 Å². The Kier molecular flexibility index (Phi) is 5.17. The second-order valence-electron chi connectivity index (χ2n) is 8.54. The number of ketones is 2. The highest BCUT2D eigenvalue weighted by Crippen LogP contribution is 2.48. The number of rotatable bonds is 4. The predicted octanol–water partition coefficient (Wildman–Crippen LogP) is 8.12. The van der Waals surface area contributed by atoms with Crippen LogP contribution in [0.25, 0.3) is 33.4 Å². The molecule has 0 atom stereocenters. The van der Waals surface area contributed by atoms with E-state index in [-0.39, 0.29) is 11.6 Å². The van der Waals surface area contributed by atoms with Crippen LogP contribution in [-0.4, -0.2) is 11.6 Å². The van der Waals surface area contributed by atoms with E-state index in [2.05, 4.69) is 0 Å². The molecule has 0 spiro atoms. The highest BCUT2D eigenvalue weighted by Gasteiger charge is 2.35. The molecule has 0 unspecified atom stereocenters. The summed E-state index contributed by atoms with van der Waals surface area (Å²) in [5, 5.41) is 0.620. The molecular weight excluding hydrogens is 452 g/mol. The second-order valence-corrected chi connectivity index (χ2v) is 8.98. The zero-order chi connectivity index (χ0) is 23.9. The van der Waals surface area contributed by atoms with Crippen molar-refractivity contribution in [1.82, 2.24) is 0 Å². The van der Waals surface area contributed by atoms with Gasteiger partial charge in [-0.2, -0.15) is 0 Å². The number of carbonyl (C=O) groups is 2. The first kappa shape index (κ1) is 21.3. The molecule has 5 aromatic carbocycles. The number of hydrogen-bond donors (Lipinski definition) is 0. The average Bonchev–Trinajstić information content (AvgIpc) is 3.21. The van der Waals surface area contributed by atoms with Crippen molar-refractivity contribution in [2.24, 2.45) is 0 Å². The fourth-order valence-electron chi connectivity index (χ4n) is 4.89. The van der Waals surface area contributed by atoms with Crippen molar-refractivity contribution in [3.05, 3.63) is 143 Å². The molecule has 0 heterocycles. The Labute approximate surface area is 208 Å². The van der Waals surface area contributed by atoms with Crippen molar-refractivity contribution in [2.45, 2.75) is 0 Å². The second kappa shape index (κ2) is 8.50. The molecule has 0 aliphatic heterocycles. The Morgan fingerprint density at radius 3 is 1.80 bits per heavy atom. The molecule has 3 heteroatoms. The number of fused-ring (bicyclic) bond motifs is 3. The zero-order valence-corrected chi connectivity index (χ0v) is 19.4. The molecule has 2 nitrogen and oxygen atoms in total. The summed E-state index contributed by atoms with van der Waals surface area (Å²) in [6.45, 7) is 0. The minimum absolute atomic E-state index is 0.0563. The number of hydrogen-bond acceptors (Lipinski definition) is 2. The van der Waals surface area contributed by atoms with Crippen LogP contribution in [0.1, 0.15) is 31.8 Å². The van der Waals surface area contributed by atoms with Crippen molar-refractivity contribution in [1.29, 1.82) is 0 Å². The van der Waals surface area contributed by atoms with Gasteiger partial charge in [0, 0.05) is 32.8 Å². The molecule has 0 saturated heterocycles. The summed E-state index contributed by atoms with van der Waals surface area (Å²) in [7, 11) is 0. The molecule has 1 aliphatic carbocycles. The minimum atomic E-state index is -0.115. The maximum atomic E-state index is 14.1. The third-order valence-electron chi connectivity index (χ3n) is 6.50. The zero-order valence-electron chi connectivity index (χ0n) is 18.7. The summed E-state index contributed by atoms with van der Waals surface area (Å²) in [5.41, 5.74) is 7.19. The first-order valence-electron chi connectivity index (χ1n) is 11.4. The maximum Gasteiger partial charge on any atom is 0.194 e. The van der Waals surface area contributed by atoms with Crippen molar-refractivity contribution in [2.75, 3.05) is 0 Å². The first-order valence-corrected chi connectivity index (χ1v) is 11.8. The van der Waals surface area contributed by atoms with Gasteiger partial charge >= 0.3 is 0 Å². The van der Waals surface area contributed by atoms with Gasteiger partial charge in [-0.15, -0.1) is 0 Å². The quantitative estimate of drug-likeness (QED) is 0.244. The van der Waals surface area contributed by atoms with E-state index < -0.39 is 0 Å². The van der Waals surface area contributed by atoms with E-state index in [1.807, 2.05) is 115 Å². The third kappa shape index (κ3) is 3.51. The molecular formula is C32H19ClO2. The summed E-state index contributed by atoms with van der Waals surface area (Å²) in [5.74, 6) is -0.171. The molecule has 0 N–H and O–H groups in total. The highest BCUT2D eigenvalue weighted by molar-refractivity contribution is 6.31. The third-order valence-corrected chi connectivity index (χ3v) is 6.75. The molecule has 0 aromatic heterocycles. The van der Waals surface area contributed by atoms with E-state index in [9.17, 15) is 9.59 Å². The van der Waals surface area contributed by atoms with Gasteiger partial charge < -0.3 is 0 Å². The van der Waals surface area contributed by atoms with Gasteiger partial charge in [-0.1, -0.05) is 109 Å². The maximum absolute atomic E-state index is 14.1. The monoisotopic (exact) mass is 470 g/mol. The summed E-state index contributed by atoms with van der Waals surface area (Å²) in [6.07, 6.45) is 0. The summed E-state index contributed by atoms with van der Waals surface area (Å²) < 4.78 is 0. The molecule has 0 bridgehead atoms. The molecule has 166 valence electrons. The standard InChI is InChI=1S/C32H19ClO2/c33-23-17-15-21(16-18-23)27-19-26(20-9-3-1-4-10-20)30-28(24-13-7-8-14-25(24)32(30)35)29(27)31(34)22-11-5-2-6-12-22/h1-19H. The Balaban J connectivity index is 1.76. The lowest BCUT2D eigenvalue weighted by molar-refractivity contribution is 0.103. The van der Waals surface area contributed by atoms with Crippen molar-refractivity contribution < 1.29 is 9.59 Å². The molecule has 1 aliphatic rings. The molecule has 35 heavy (non-hydrogen) atoms. The van der Waals surface area contributed by atoms with Gasteiger partial charge in [0.15, 0.2) is 11.6 Å². The van der Waals surface area contributed by atoms with Gasteiger partial charge in [0.2, 0.25) is 0 Å². The van der Waals surface area contributed by atoms with Crippen LogP contribution in [0.15, 0.2) is 115 Å². The molecule has 0 saturated carbocycles. The van der Waals surface area contributed by atoms with Gasteiger partial charge in [0.1, 0.15) is 0 Å². The normalized spacial score (nSPS) is 11.7. The van der Waals surface area contributed by atoms with Crippen molar-refractivity contribution >= 4 is 23.2 Å². The van der Waals surface area contributed by atoms with Crippen LogP contribution in [-0.2, 0) is 0 Å². The fraction of sp³-hybridized carbons (Fsp3) is 0. The molecule has 0 radical (unpaired) electrons. The SMILES string of the molecule is O=C(c1ccccc1)c1c(-c2ccc(Cl)cc2)cc(-c2ccccc2)c2c1-c1ccccc1C2=O.